The van der Waals surface area contributed by atoms with Crippen molar-refractivity contribution in [3.8, 4) is 0 Å². The summed E-state index contributed by atoms with van der Waals surface area (Å²) in [5.74, 6) is -1.26. The fraction of sp³-hybridized carbons (Fsp3) is 0. The molecule has 138 valence electrons. The average Bonchev–Trinajstić information content (AvgIpc) is 3.01. The Labute approximate surface area is 168 Å². The summed E-state index contributed by atoms with van der Waals surface area (Å²) in [7, 11) is 0. The summed E-state index contributed by atoms with van der Waals surface area (Å²) in [5.41, 5.74) is 0.995. The highest BCUT2D eigenvalue weighted by Crippen LogP contribution is 2.29. The first-order chi connectivity index (χ1) is 13.5. The molecule has 1 aliphatic heterocycles. The van der Waals surface area contributed by atoms with Crippen molar-refractivity contribution in [2.75, 3.05) is 4.90 Å². The van der Waals surface area contributed by atoms with Gasteiger partial charge >= 0.3 is 0 Å². The summed E-state index contributed by atoms with van der Waals surface area (Å²) < 4.78 is 29.3. The van der Waals surface area contributed by atoms with Gasteiger partial charge in [0.05, 0.1) is 11.3 Å². The van der Waals surface area contributed by atoms with Crippen LogP contribution in [0.5, 0.6) is 0 Å². The molecule has 1 amide bonds. The van der Waals surface area contributed by atoms with Crippen molar-refractivity contribution in [3.63, 3.8) is 0 Å². The summed E-state index contributed by atoms with van der Waals surface area (Å²) in [5, 5.41) is 0. The number of amidine groups is 1. The minimum absolute atomic E-state index is 0.0336. The maximum atomic E-state index is 14.4. The summed E-state index contributed by atoms with van der Waals surface area (Å²) in [4.78, 5) is 18.8. The van der Waals surface area contributed by atoms with Crippen molar-refractivity contribution < 1.29 is 13.6 Å². The number of benzene rings is 3. The number of hydrogen-bond donors (Lipinski definition) is 0. The molecule has 3 aromatic carbocycles. The van der Waals surface area contributed by atoms with Gasteiger partial charge in [0.15, 0.2) is 5.84 Å². The van der Waals surface area contributed by atoms with Gasteiger partial charge in [0.1, 0.15) is 17.3 Å². The molecule has 0 atom stereocenters. The highest BCUT2D eigenvalue weighted by atomic mass is 79.9. The fourth-order valence-electron chi connectivity index (χ4n) is 2.91. The molecular formula is C22H13BrF2N2O. The molecule has 4 rings (SSSR count). The third-order valence-electron chi connectivity index (χ3n) is 4.26. The van der Waals surface area contributed by atoms with Crippen LogP contribution in [-0.2, 0) is 4.79 Å². The van der Waals surface area contributed by atoms with Crippen LogP contribution in [0.4, 0.5) is 14.5 Å². The van der Waals surface area contributed by atoms with Crippen molar-refractivity contribution in [1.29, 1.82) is 0 Å². The first-order valence-corrected chi connectivity index (χ1v) is 9.24. The van der Waals surface area contributed by atoms with E-state index in [2.05, 4.69) is 20.9 Å². The van der Waals surface area contributed by atoms with Crippen LogP contribution in [0, 0.1) is 11.6 Å². The van der Waals surface area contributed by atoms with E-state index in [0.717, 1.165) is 4.47 Å². The van der Waals surface area contributed by atoms with E-state index in [-0.39, 0.29) is 22.7 Å². The average molecular weight is 439 g/mol. The van der Waals surface area contributed by atoms with Crippen molar-refractivity contribution >= 4 is 39.4 Å². The Kier molecular flexibility index (Phi) is 4.88. The topological polar surface area (TPSA) is 32.7 Å². The highest BCUT2D eigenvalue weighted by Gasteiger charge is 2.33. The third kappa shape index (κ3) is 3.39. The van der Waals surface area contributed by atoms with Crippen LogP contribution >= 0.6 is 15.9 Å². The summed E-state index contributed by atoms with van der Waals surface area (Å²) in [6, 6.07) is 19.2. The molecule has 0 aromatic heterocycles. The first kappa shape index (κ1) is 18.3. The lowest BCUT2D eigenvalue weighted by atomic mass is 10.1. The predicted octanol–water partition coefficient (Wildman–Crippen LogP) is 5.56. The van der Waals surface area contributed by atoms with Gasteiger partial charge in [0.2, 0.25) is 0 Å². The van der Waals surface area contributed by atoms with E-state index in [1.54, 1.807) is 60.7 Å². The number of carbonyl (C=O) groups excluding carboxylic acids is 1. The van der Waals surface area contributed by atoms with Crippen LogP contribution in [0.15, 0.2) is 88.0 Å². The normalized spacial score (nSPS) is 15.2. The Morgan fingerprint density at radius 3 is 2.18 bits per heavy atom. The number of hydrogen-bond acceptors (Lipinski definition) is 2. The molecule has 3 nitrogen and oxygen atoms in total. The second-order valence-corrected chi connectivity index (χ2v) is 7.00. The van der Waals surface area contributed by atoms with Crippen molar-refractivity contribution in [1.82, 2.24) is 0 Å². The number of rotatable bonds is 3. The number of amides is 1. The van der Waals surface area contributed by atoms with E-state index in [1.807, 2.05) is 0 Å². The number of carbonyl (C=O) groups is 1. The lowest BCUT2D eigenvalue weighted by Crippen LogP contribution is -2.33. The lowest BCUT2D eigenvalue weighted by molar-refractivity contribution is -0.113. The zero-order chi connectivity index (χ0) is 19.7. The van der Waals surface area contributed by atoms with E-state index in [1.165, 1.54) is 23.1 Å². The second-order valence-electron chi connectivity index (χ2n) is 6.08. The molecule has 1 heterocycles. The molecule has 0 radical (unpaired) electrons. The second kappa shape index (κ2) is 7.48. The number of anilines is 1. The van der Waals surface area contributed by atoms with Gasteiger partial charge in [-0.3, -0.25) is 9.69 Å². The van der Waals surface area contributed by atoms with Gasteiger partial charge in [-0.25, -0.2) is 13.8 Å². The highest BCUT2D eigenvalue weighted by molar-refractivity contribution is 9.10. The summed E-state index contributed by atoms with van der Waals surface area (Å²) in [6.07, 6.45) is 1.37. The molecule has 6 heteroatoms. The van der Waals surface area contributed by atoms with Crippen LogP contribution in [0.2, 0.25) is 0 Å². The van der Waals surface area contributed by atoms with Gasteiger partial charge in [-0.1, -0.05) is 46.3 Å². The maximum Gasteiger partial charge on any atom is 0.282 e. The van der Waals surface area contributed by atoms with Crippen LogP contribution in [-0.4, -0.2) is 11.7 Å². The standard InChI is InChI=1S/C22H13BrF2N2O/c23-15-9-11-16(12-10-15)27-21(17-6-2-4-8-19(17)25)26-20(22(27)28)13-14-5-1-3-7-18(14)24/h1-13H/b20-13+. The van der Waals surface area contributed by atoms with E-state index >= 15 is 0 Å². The Hall–Kier alpha value is -3.12. The van der Waals surface area contributed by atoms with E-state index in [9.17, 15) is 13.6 Å². The Balaban J connectivity index is 1.87. The molecule has 28 heavy (non-hydrogen) atoms. The van der Waals surface area contributed by atoms with E-state index in [4.69, 9.17) is 0 Å². The summed E-state index contributed by atoms with van der Waals surface area (Å²) >= 11 is 3.36. The zero-order valence-electron chi connectivity index (χ0n) is 14.4. The fourth-order valence-corrected chi connectivity index (χ4v) is 3.17. The molecular weight excluding hydrogens is 426 g/mol. The third-order valence-corrected chi connectivity index (χ3v) is 4.79. The van der Waals surface area contributed by atoms with Gasteiger partial charge in [0.25, 0.3) is 5.91 Å². The van der Waals surface area contributed by atoms with Gasteiger partial charge in [0, 0.05) is 10.0 Å². The smallest absolute Gasteiger partial charge is 0.266 e. The van der Waals surface area contributed by atoms with E-state index in [0.29, 0.717) is 5.69 Å². The first-order valence-electron chi connectivity index (χ1n) is 8.44. The van der Waals surface area contributed by atoms with Gasteiger partial charge in [-0.05, 0) is 48.5 Å². The molecule has 0 bridgehead atoms. The van der Waals surface area contributed by atoms with Crippen molar-refractivity contribution in [2.24, 2.45) is 4.99 Å². The van der Waals surface area contributed by atoms with Crippen molar-refractivity contribution in [3.05, 3.63) is 106 Å². The Bertz CT molecular complexity index is 1120. The number of nitrogens with zero attached hydrogens (tertiary/aromatic N) is 2. The molecule has 3 aromatic rings. The Morgan fingerprint density at radius 1 is 0.857 bits per heavy atom. The van der Waals surface area contributed by atoms with Gasteiger partial charge in [-0.15, -0.1) is 0 Å². The van der Waals surface area contributed by atoms with Crippen LogP contribution in [0.3, 0.4) is 0 Å². The van der Waals surface area contributed by atoms with Gasteiger partial charge < -0.3 is 0 Å². The number of halogens is 3. The molecule has 0 fully saturated rings. The maximum absolute atomic E-state index is 14.4. The lowest BCUT2D eigenvalue weighted by Gasteiger charge is -2.19. The largest absolute Gasteiger partial charge is 0.282 e. The predicted molar refractivity (Wildman–Crippen MR) is 109 cm³/mol. The molecule has 0 N–H and O–H groups in total. The van der Waals surface area contributed by atoms with Crippen LogP contribution in [0.25, 0.3) is 6.08 Å². The molecule has 0 unspecified atom stereocenters. The Morgan fingerprint density at radius 2 is 1.50 bits per heavy atom. The van der Waals surface area contributed by atoms with Crippen LogP contribution in [0.1, 0.15) is 11.1 Å². The molecule has 0 saturated heterocycles. The van der Waals surface area contributed by atoms with Gasteiger partial charge in [-0.2, -0.15) is 0 Å². The quantitative estimate of drug-likeness (QED) is 0.492. The zero-order valence-corrected chi connectivity index (χ0v) is 16.0. The molecule has 1 aliphatic rings. The molecule has 0 saturated carbocycles. The minimum atomic E-state index is -0.497. The monoisotopic (exact) mass is 438 g/mol. The molecule has 0 aliphatic carbocycles. The molecule has 0 spiro atoms. The van der Waals surface area contributed by atoms with Crippen molar-refractivity contribution in [2.45, 2.75) is 0 Å². The van der Waals surface area contributed by atoms with Crippen LogP contribution < -0.4 is 4.90 Å². The van der Waals surface area contributed by atoms with E-state index < -0.39 is 17.5 Å². The SMILES string of the molecule is O=C1/C(=C\c2ccccc2F)N=C(c2ccccc2F)N1c1ccc(Br)cc1. The number of aliphatic imine (C=N–C) groups is 1. The summed E-state index contributed by atoms with van der Waals surface area (Å²) in [6.45, 7) is 0. The minimum Gasteiger partial charge on any atom is -0.266 e.